The van der Waals surface area contributed by atoms with Crippen LogP contribution in [-0.4, -0.2) is 36.8 Å². The zero-order valence-electron chi connectivity index (χ0n) is 8.63. The molecule has 0 aliphatic carbocycles. The van der Waals surface area contributed by atoms with Crippen molar-refractivity contribution in [2.24, 2.45) is 0 Å². The fraction of sp³-hybridized carbons (Fsp3) is 0.333. The van der Waals surface area contributed by atoms with E-state index < -0.39 is 16.0 Å². The molecule has 2 heterocycles. The highest BCUT2D eigenvalue weighted by Crippen LogP contribution is 2.29. The molecule has 1 N–H and O–H groups in total. The van der Waals surface area contributed by atoms with Crippen LogP contribution >= 0.6 is 11.6 Å². The molecule has 1 aliphatic rings. The molecule has 0 atom stereocenters. The van der Waals surface area contributed by atoms with Crippen molar-refractivity contribution in [2.45, 2.75) is 6.42 Å². The van der Waals surface area contributed by atoms with E-state index in [-0.39, 0.29) is 22.3 Å². The van der Waals surface area contributed by atoms with Gasteiger partial charge in [-0.05, 0) is 18.6 Å². The molecule has 0 unspecified atom stereocenters. The topological polar surface area (TPSA) is 87.6 Å². The van der Waals surface area contributed by atoms with Crippen LogP contribution in [0.2, 0.25) is 5.15 Å². The molecule has 92 valence electrons. The molecular formula is C9H9ClN2O4S. The number of carboxylic acids is 1. The summed E-state index contributed by atoms with van der Waals surface area (Å²) in [6.07, 6.45) is 0.527. The Morgan fingerprint density at radius 3 is 2.65 bits per heavy atom. The minimum atomic E-state index is -3.33. The van der Waals surface area contributed by atoms with Gasteiger partial charge in [-0.15, -0.1) is 0 Å². The van der Waals surface area contributed by atoms with Crippen LogP contribution in [0.4, 0.5) is 5.69 Å². The third kappa shape index (κ3) is 2.20. The van der Waals surface area contributed by atoms with Gasteiger partial charge in [0.1, 0.15) is 5.69 Å². The van der Waals surface area contributed by atoms with Crippen LogP contribution in [0.25, 0.3) is 0 Å². The molecule has 1 fully saturated rings. The van der Waals surface area contributed by atoms with E-state index in [1.54, 1.807) is 0 Å². The minimum absolute atomic E-state index is 0.0734. The van der Waals surface area contributed by atoms with Crippen LogP contribution < -0.4 is 4.31 Å². The maximum absolute atomic E-state index is 11.7. The summed E-state index contributed by atoms with van der Waals surface area (Å²) in [5.41, 5.74) is 0.0181. The summed E-state index contributed by atoms with van der Waals surface area (Å²) in [4.78, 5) is 14.3. The van der Waals surface area contributed by atoms with Gasteiger partial charge in [0.25, 0.3) is 0 Å². The molecule has 0 amide bonds. The largest absolute Gasteiger partial charge is 0.477 e. The first-order chi connectivity index (χ1) is 7.92. The summed E-state index contributed by atoms with van der Waals surface area (Å²) in [6, 6.07) is 2.60. The zero-order chi connectivity index (χ0) is 12.6. The number of nitrogens with zero attached hydrogens (tertiary/aromatic N) is 2. The van der Waals surface area contributed by atoms with Gasteiger partial charge in [-0.25, -0.2) is 18.2 Å². The molecule has 0 bridgehead atoms. The molecule has 0 radical (unpaired) electrons. The van der Waals surface area contributed by atoms with Crippen LogP contribution in [0.15, 0.2) is 12.1 Å². The molecule has 8 heteroatoms. The number of rotatable bonds is 2. The molecule has 0 saturated carbocycles. The van der Waals surface area contributed by atoms with Gasteiger partial charge in [0.15, 0.2) is 5.15 Å². The Bertz CT molecular complexity index is 572. The number of pyridine rings is 1. The van der Waals surface area contributed by atoms with Crippen molar-refractivity contribution >= 4 is 33.3 Å². The average Bonchev–Trinajstić information content (AvgIpc) is 2.58. The summed E-state index contributed by atoms with van der Waals surface area (Å²) in [6.45, 7) is 0.343. The number of aromatic carboxylic acids is 1. The van der Waals surface area contributed by atoms with Gasteiger partial charge in [0, 0.05) is 6.54 Å². The normalized spacial score (nSPS) is 18.3. The number of carboxylic acid groups (broad SMARTS) is 1. The highest BCUT2D eigenvalue weighted by molar-refractivity contribution is 7.93. The molecule has 1 aromatic rings. The Hall–Kier alpha value is -1.34. The molecule has 17 heavy (non-hydrogen) atoms. The maximum Gasteiger partial charge on any atom is 0.354 e. The first-order valence-electron chi connectivity index (χ1n) is 4.82. The minimum Gasteiger partial charge on any atom is -0.477 e. The Labute approximate surface area is 103 Å². The van der Waals surface area contributed by atoms with Crippen LogP contribution in [0, 0.1) is 0 Å². The second kappa shape index (κ2) is 4.15. The summed E-state index contributed by atoms with van der Waals surface area (Å²) >= 11 is 5.80. The zero-order valence-corrected chi connectivity index (χ0v) is 10.2. The third-order valence-electron chi connectivity index (χ3n) is 2.42. The summed E-state index contributed by atoms with van der Waals surface area (Å²) in [5, 5.41) is 8.60. The molecule has 2 rings (SSSR count). The van der Waals surface area contributed by atoms with Gasteiger partial charge >= 0.3 is 5.97 Å². The van der Waals surface area contributed by atoms with Gasteiger partial charge in [-0.2, -0.15) is 0 Å². The smallest absolute Gasteiger partial charge is 0.354 e. The maximum atomic E-state index is 11.7. The lowest BCUT2D eigenvalue weighted by Gasteiger charge is -2.17. The number of aromatic nitrogens is 1. The Morgan fingerprint density at radius 1 is 1.47 bits per heavy atom. The molecule has 0 aromatic carbocycles. The number of sulfonamides is 1. The molecule has 1 saturated heterocycles. The first kappa shape index (κ1) is 12.1. The monoisotopic (exact) mass is 276 g/mol. The quantitative estimate of drug-likeness (QED) is 0.813. The van der Waals surface area contributed by atoms with E-state index in [4.69, 9.17) is 16.7 Å². The Kier molecular flexibility index (Phi) is 2.96. The van der Waals surface area contributed by atoms with Crippen molar-refractivity contribution in [1.82, 2.24) is 4.98 Å². The van der Waals surface area contributed by atoms with Crippen LogP contribution in [0.5, 0.6) is 0 Å². The Morgan fingerprint density at radius 2 is 2.18 bits per heavy atom. The first-order valence-corrected chi connectivity index (χ1v) is 6.81. The van der Waals surface area contributed by atoms with Crippen molar-refractivity contribution in [3.05, 3.63) is 23.0 Å². The van der Waals surface area contributed by atoms with E-state index in [2.05, 4.69) is 4.98 Å². The second-order valence-electron chi connectivity index (χ2n) is 3.55. The van der Waals surface area contributed by atoms with E-state index in [1.165, 1.54) is 12.1 Å². The van der Waals surface area contributed by atoms with E-state index >= 15 is 0 Å². The van der Waals surface area contributed by atoms with Crippen molar-refractivity contribution in [3.63, 3.8) is 0 Å². The standard InChI is InChI=1S/C9H9ClN2O4S/c10-8-7(3-2-6(11-8)9(13)14)12-4-1-5-17(12,15)16/h2-3H,1,4-5H2,(H,13,14). The van der Waals surface area contributed by atoms with Crippen molar-refractivity contribution in [3.8, 4) is 0 Å². The van der Waals surface area contributed by atoms with Crippen molar-refractivity contribution in [2.75, 3.05) is 16.6 Å². The molecule has 6 nitrogen and oxygen atoms in total. The molecule has 1 aromatic heterocycles. The summed E-state index contributed by atoms with van der Waals surface area (Å²) in [7, 11) is -3.33. The lowest BCUT2D eigenvalue weighted by Crippen LogP contribution is -2.25. The lowest BCUT2D eigenvalue weighted by molar-refractivity contribution is 0.0690. The SMILES string of the molecule is O=C(O)c1ccc(N2CCCS2(=O)=O)c(Cl)n1. The van der Waals surface area contributed by atoms with E-state index in [1.807, 2.05) is 0 Å². The van der Waals surface area contributed by atoms with Gasteiger partial charge in [-0.3, -0.25) is 4.31 Å². The Balaban J connectivity index is 2.44. The average molecular weight is 277 g/mol. The van der Waals surface area contributed by atoms with Gasteiger partial charge in [0.2, 0.25) is 10.0 Å². The number of anilines is 1. The second-order valence-corrected chi connectivity index (χ2v) is 5.92. The van der Waals surface area contributed by atoms with Crippen LogP contribution in [0.3, 0.4) is 0 Å². The number of carbonyl (C=O) groups is 1. The van der Waals surface area contributed by atoms with Gasteiger partial charge in [-0.1, -0.05) is 11.6 Å². The lowest BCUT2D eigenvalue weighted by atomic mass is 10.3. The van der Waals surface area contributed by atoms with Crippen molar-refractivity contribution < 1.29 is 18.3 Å². The highest BCUT2D eigenvalue weighted by Gasteiger charge is 2.30. The van der Waals surface area contributed by atoms with E-state index in [9.17, 15) is 13.2 Å². The predicted molar refractivity (Wildman–Crippen MR) is 62.0 cm³/mol. The third-order valence-corrected chi connectivity index (χ3v) is 4.55. The molecule has 1 aliphatic heterocycles. The predicted octanol–water partition coefficient (Wildman–Crippen LogP) is 0.973. The fourth-order valence-corrected chi connectivity index (χ4v) is 3.52. The number of hydrogen-bond donors (Lipinski definition) is 1. The van der Waals surface area contributed by atoms with Crippen LogP contribution in [-0.2, 0) is 10.0 Å². The van der Waals surface area contributed by atoms with Crippen molar-refractivity contribution in [1.29, 1.82) is 0 Å². The molecule has 0 spiro atoms. The number of halogens is 1. The van der Waals surface area contributed by atoms with E-state index in [0.717, 1.165) is 4.31 Å². The highest BCUT2D eigenvalue weighted by atomic mass is 35.5. The summed E-state index contributed by atoms with van der Waals surface area (Å²) in [5.74, 6) is -1.13. The van der Waals surface area contributed by atoms with Crippen LogP contribution in [0.1, 0.15) is 16.9 Å². The van der Waals surface area contributed by atoms with Gasteiger partial charge < -0.3 is 5.11 Å². The van der Waals surface area contributed by atoms with E-state index in [0.29, 0.717) is 13.0 Å². The molecular weight excluding hydrogens is 268 g/mol. The summed E-state index contributed by atoms with van der Waals surface area (Å²) < 4.78 is 24.5. The number of hydrogen-bond acceptors (Lipinski definition) is 4. The fourth-order valence-electron chi connectivity index (χ4n) is 1.64. The van der Waals surface area contributed by atoms with Gasteiger partial charge in [0.05, 0.1) is 11.4 Å².